The van der Waals surface area contributed by atoms with E-state index in [-0.39, 0.29) is 48.9 Å². The third kappa shape index (κ3) is 7.50. The first kappa shape index (κ1) is 29.3. The van der Waals surface area contributed by atoms with E-state index in [0.717, 1.165) is 25.7 Å². The molecule has 1 aromatic heterocycles. The Balaban J connectivity index is 1.56. The van der Waals surface area contributed by atoms with Crippen molar-refractivity contribution in [2.24, 2.45) is 5.92 Å². The lowest BCUT2D eigenvalue weighted by Crippen LogP contribution is -2.50. The molecule has 0 bridgehead atoms. The molecule has 4 amide bonds. The van der Waals surface area contributed by atoms with E-state index in [1.54, 1.807) is 59.6 Å². The van der Waals surface area contributed by atoms with Gasteiger partial charge in [-0.2, -0.15) is 0 Å². The molecule has 40 heavy (non-hydrogen) atoms. The van der Waals surface area contributed by atoms with Gasteiger partial charge in [0.25, 0.3) is 5.91 Å². The molecule has 0 unspecified atom stereocenters. The van der Waals surface area contributed by atoms with E-state index >= 15 is 0 Å². The second kappa shape index (κ2) is 13.6. The Labute approximate surface area is 236 Å². The van der Waals surface area contributed by atoms with Crippen molar-refractivity contribution in [3.63, 3.8) is 0 Å². The van der Waals surface area contributed by atoms with Crippen LogP contribution in [0.4, 0.5) is 10.5 Å². The Morgan fingerprint density at radius 3 is 2.60 bits per heavy atom. The highest BCUT2D eigenvalue weighted by molar-refractivity contribution is 6.04. The number of rotatable bonds is 7. The molecule has 2 aromatic rings. The third-order valence-corrected chi connectivity index (χ3v) is 7.85. The maximum atomic E-state index is 13.4. The molecule has 0 saturated heterocycles. The van der Waals surface area contributed by atoms with Crippen LogP contribution in [0.25, 0.3) is 0 Å². The molecule has 1 aliphatic heterocycles. The maximum absolute atomic E-state index is 13.4. The number of pyridine rings is 1. The summed E-state index contributed by atoms with van der Waals surface area (Å²) < 4.78 is 6.51. The van der Waals surface area contributed by atoms with Crippen molar-refractivity contribution < 1.29 is 24.2 Å². The average Bonchev–Trinajstić information content (AvgIpc) is 3.01. The van der Waals surface area contributed by atoms with Gasteiger partial charge in [-0.15, -0.1) is 0 Å². The van der Waals surface area contributed by atoms with Crippen LogP contribution < -0.4 is 15.4 Å². The van der Waals surface area contributed by atoms with Crippen LogP contribution in [0.15, 0.2) is 42.7 Å². The third-order valence-electron chi connectivity index (χ3n) is 7.85. The van der Waals surface area contributed by atoms with Gasteiger partial charge < -0.3 is 30.3 Å². The van der Waals surface area contributed by atoms with Gasteiger partial charge in [0.05, 0.1) is 25.6 Å². The van der Waals surface area contributed by atoms with Crippen molar-refractivity contribution in [3.05, 3.63) is 53.9 Å². The van der Waals surface area contributed by atoms with Gasteiger partial charge in [-0.3, -0.25) is 14.6 Å². The molecular formula is C30H41N5O5. The number of aliphatic hydroxyl groups excluding tert-OH is 1. The van der Waals surface area contributed by atoms with Crippen LogP contribution in [0.1, 0.15) is 61.9 Å². The highest BCUT2D eigenvalue weighted by Gasteiger charge is 2.32. The van der Waals surface area contributed by atoms with Crippen LogP contribution in [0.3, 0.4) is 0 Å². The van der Waals surface area contributed by atoms with Crippen molar-refractivity contribution in [1.82, 2.24) is 20.1 Å². The number of fused-ring (bicyclic) bond motifs is 1. The van der Waals surface area contributed by atoms with Gasteiger partial charge in [0, 0.05) is 54.8 Å². The smallest absolute Gasteiger partial charge is 0.317 e. The number of anilines is 1. The zero-order valence-corrected chi connectivity index (χ0v) is 23.6. The zero-order valence-electron chi connectivity index (χ0n) is 23.6. The summed E-state index contributed by atoms with van der Waals surface area (Å²) in [6.45, 7) is 4.35. The van der Waals surface area contributed by atoms with Crippen molar-refractivity contribution in [2.75, 3.05) is 32.1 Å². The second-order valence-corrected chi connectivity index (χ2v) is 11.1. The quantitative estimate of drug-likeness (QED) is 0.484. The number of carbonyl (C=O) groups excluding carboxylic acids is 3. The van der Waals surface area contributed by atoms with E-state index in [9.17, 15) is 19.5 Å². The molecule has 10 nitrogen and oxygen atoms in total. The highest BCUT2D eigenvalue weighted by atomic mass is 16.5. The number of urea groups is 1. The van der Waals surface area contributed by atoms with E-state index in [1.165, 1.54) is 6.42 Å². The van der Waals surface area contributed by atoms with Crippen LogP contribution in [-0.4, -0.2) is 82.7 Å². The minimum absolute atomic E-state index is 0.0517. The standard InChI is InChI=1S/C30H41N5O5/c1-20-17-35(21(2)19-36)28(37)16-23-15-25(32-29(38)22-11-13-31-14-12-22)9-10-26(23)40-27(20)18-34(3)30(39)33-24-7-5-4-6-8-24/h9-15,20-21,24,27,36H,4-8,16-19H2,1-3H3,(H,32,38)(H,33,39)/t20-,21+,27+/m1/s1. The lowest BCUT2D eigenvalue weighted by molar-refractivity contribution is -0.134. The van der Waals surface area contributed by atoms with Crippen LogP contribution in [0, 0.1) is 5.92 Å². The number of hydrogen-bond donors (Lipinski definition) is 3. The fourth-order valence-electron chi connectivity index (χ4n) is 5.32. The number of aromatic nitrogens is 1. The van der Waals surface area contributed by atoms with Crippen LogP contribution in [0.2, 0.25) is 0 Å². The molecule has 1 saturated carbocycles. The second-order valence-electron chi connectivity index (χ2n) is 11.1. The normalized spacial score (nSPS) is 20.7. The fraction of sp³-hybridized carbons (Fsp3) is 0.533. The summed E-state index contributed by atoms with van der Waals surface area (Å²) in [5, 5.41) is 15.9. The number of carbonyl (C=O) groups is 3. The number of nitrogens with zero attached hydrogens (tertiary/aromatic N) is 3. The van der Waals surface area contributed by atoms with Crippen molar-refractivity contribution in [3.8, 4) is 5.75 Å². The van der Waals surface area contributed by atoms with E-state index in [4.69, 9.17) is 4.74 Å². The van der Waals surface area contributed by atoms with E-state index in [2.05, 4.69) is 15.6 Å². The molecule has 1 fully saturated rings. The lowest BCUT2D eigenvalue weighted by Gasteiger charge is -2.34. The minimum Gasteiger partial charge on any atom is -0.488 e. The number of nitrogens with one attached hydrogen (secondary N) is 2. The number of ether oxygens (including phenoxy) is 1. The van der Waals surface area contributed by atoms with Gasteiger partial charge in [0.2, 0.25) is 5.91 Å². The van der Waals surface area contributed by atoms with Gasteiger partial charge in [0.15, 0.2) is 0 Å². The summed E-state index contributed by atoms with van der Waals surface area (Å²) in [6.07, 6.45) is 8.22. The highest BCUT2D eigenvalue weighted by Crippen LogP contribution is 2.29. The van der Waals surface area contributed by atoms with Gasteiger partial charge >= 0.3 is 6.03 Å². The van der Waals surface area contributed by atoms with Crippen LogP contribution in [0.5, 0.6) is 5.75 Å². The van der Waals surface area contributed by atoms with Crippen LogP contribution in [-0.2, 0) is 11.2 Å². The summed E-state index contributed by atoms with van der Waals surface area (Å²) >= 11 is 0. The predicted molar refractivity (Wildman–Crippen MR) is 152 cm³/mol. The van der Waals surface area contributed by atoms with E-state index in [0.29, 0.717) is 35.7 Å². The SMILES string of the molecule is C[C@@H]1CN([C@@H](C)CO)C(=O)Cc2cc(NC(=O)c3ccncc3)ccc2O[C@H]1CN(C)C(=O)NC1CCCCC1. The van der Waals surface area contributed by atoms with Gasteiger partial charge in [-0.05, 0) is 50.1 Å². The number of aliphatic hydroxyl groups is 1. The first-order valence-corrected chi connectivity index (χ1v) is 14.2. The Bertz CT molecular complexity index is 1170. The molecule has 10 heteroatoms. The maximum Gasteiger partial charge on any atom is 0.317 e. The number of hydrogen-bond acceptors (Lipinski definition) is 6. The summed E-state index contributed by atoms with van der Waals surface area (Å²) in [6, 6.07) is 8.20. The molecule has 216 valence electrons. The molecule has 1 aromatic carbocycles. The summed E-state index contributed by atoms with van der Waals surface area (Å²) in [7, 11) is 1.76. The lowest BCUT2D eigenvalue weighted by atomic mass is 9.96. The fourth-order valence-corrected chi connectivity index (χ4v) is 5.32. The Kier molecular flexibility index (Phi) is 9.98. The molecule has 0 radical (unpaired) electrons. The van der Waals surface area contributed by atoms with Crippen LogP contribution >= 0.6 is 0 Å². The van der Waals surface area contributed by atoms with E-state index in [1.807, 2.05) is 13.8 Å². The topological polar surface area (TPSA) is 124 Å². The Morgan fingerprint density at radius 2 is 1.90 bits per heavy atom. The molecule has 4 rings (SSSR count). The largest absolute Gasteiger partial charge is 0.488 e. The first-order valence-electron chi connectivity index (χ1n) is 14.2. The zero-order chi connectivity index (χ0) is 28.6. The summed E-state index contributed by atoms with van der Waals surface area (Å²) in [4.78, 5) is 46.4. The Hall–Kier alpha value is -3.66. The van der Waals surface area contributed by atoms with Gasteiger partial charge in [-0.25, -0.2) is 4.79 Å². The first-order chi connectivity index (χ1) is 19.2. The molecule has 2 heterocycles. The minimum atomic E-state index is -0.405. The molecular weight excluding hydrogens is 510 g/mol. The van der Waals surface area contributed by atoms with E-state index < -0.39 is 6.10 Å². The summed E-state index contributed by atoms with van der Waals surface area (Å²) in [5.74, 6) is -0.0169. The number of amides is 4. The van der Waals surface area contributed by atoms with Gasteiger partial charge in [-0.1, -0.05) is 26.2 Å². The molecule has 0 spiro atoms. The number of likely N-dealkylation sites (N-methyl/N-ethyl adjacent to an activating group) is 1. The van der Waals surface area contributed by atoms with Crippen molar-refractivity contribution >= 4 is 23.5 Å². The monoisotopic (exact) mass is 551 g/mol. The predicted octanol–water partition coefficient (Wildman–Crippen LogP) is 3.46. The average molecular weight is 552 g/mol. The number of benzene rings is 1. The molecule has 3 N–H and O–H groups in total. The van der Waals surface area contributed by atoms with Gasteiger partial charge in [0.1, 0.15) is 11.9 Å². The molecule has 3 atom stereocenters. The molecule has 1 aliphatic carbocycles. The Morgan fingerprint density at radius 1 is 1.18 bits per heavy atom. The van der Waals surface area contributed by atoms with Crippen molar-refractivity contribution in [2.45, 2.75) is 70.6 Å². The molecule has 2 aliphatic rings. The summed E-state index contributed by atoms with van der Waals surface area (Å²) in [5.41, 5.74) is 1.63. The van der Waals surface area contributed by atoms with Crippen molar-refractivity contribution in [1.29, 1.82) is 0 Å².